The van der Waals surface area contributed by atoms with Crippen LogP contribution in [-0.2, 0) is 9.59 Å². The van der Waals surface area contributed by atoms with Crippen molar-refractivity contribution in [3.63, 3.8) is 0 Å². The van der Waals surface area contributed by atoms with Gasteiger partial charge < -0.3 is 16.0 Å². The third-order valence-corrected chi connectivity index (χ3v) is 2.69. The van der Waals surface area contributed by atoms with Gasteiger partial charge in [0.25, 0.3) is 0 Å². The van der Waals surface area contributed by atoms with Crippen LogP contribution >= 0.6 is 0 Å². The van der Waals surface area contributed by atoms with Crippen LogP contribution in [0, 0.1) is 0 Å². The predicted octanol–water partition coefficient (Wildman–Crippen LogP) is -0.968. The molecule has 0 saturated carbocycles. The zero-order valence-corrected chi connectivity index (χ0v) is 9.30. The monoisotopic (exact) mass is 213 g/mol. The third-order valence-electron chi connectivity index (χ3n) is 2.69. The van der Waals surface area contributed by atoms with Crippen LogP contribution in [0.25, 0.3) is 0 Å². The molecule has 2 unspecified atom stereocenters. The largest absolute Gasteiger partial charge is 0.345 e. The van der Waals surface area contributed by atoms with E-state index in [0.29, 0.717) is 19.4 Å². The summed E-state index contributed by atoms with van der Waals surface area (Å²) >= 11 is 0. The van der Waals surface area contributed by atoms with Gasteiger partial charge in [-0.1, -0.05) is 0 Å². The Bertz CT molecular complexity index is 243. The summed E-state index contributed by atoms with van der Waals surface area (Å²) in [5.74, 6) is 0.00871. The van der Waals surface area contributed by atoms with Gasteiger partial charge in [0.05, 0.1) is 12.1 Å². The standard InChI is InChI=1S/C10H19N3O2/c1-7(11-2)10(15)13-8-3-5-12-6-4-9(8)14/h7-8,11-12H,3-6H2,1-2H3,(H,13,15). The van der Waals surface area contributed by atoms with E-state index in [1.165, 1.54) is 0 Å². The van der Waals surface area contributed by atoms with Crippen molar-refractivity contribution in [2.75, 3.05) is 20.1 Å². The Morgan fingerprint density at radius 1 is 1.53 bits per heavy atom. The molecule has 1 aliphatic rings. The molecular weight excluding hydrogens is 194 g/mol. The molecule has 1 rings (SSSR count). The van der Waals surface area contributed by atoms with Gasteiger partial charge in [0, 0.05) is 13.0 Å². The van der Waals surface area contributed by atoms with E-state index >= 15 is 0 Å². The Morgan fingerprint density at radius 3 is 2.93 bits per heavy atom. The molecule has 1 aliphatic heterocycles. The fourth-order valence-corrected chi connectivity index (χ4v) is 1.50. The van der Waals surface area contributed by atoms with Crippen molar-refractivity contribution in [1.29, 1.82) is 0 Å². The molecule has 2 atom stereocenters. The van der Waals surface area contributed by atoms with Crippen molar-refractivity contribution in [1.82, 2.24) is 16.0 Å². The van der Waals surface area contributed by atoms with E-state index in [-0.39, 0.29) is 23.8 Å². The number of likely N-dealkylation sites (N-methyl/N-ethyl adjacent to an activating group) is 1. The van der Waals surface area contributed by atoms with Gasteiger partial charge in [-0.25, -0.2) is 0 Å². The molecule has 1 fully saturated rings. The fraction of sp³-hybridized carbons (Fsp3) is 0.800. The number of carbonyl (C=O) groups is 2. The van der Waals surface area contributed by atoms with Crippen LogP contribution in [-0.4, -0.2) is 43.9 Å². The number of carbonyl (C=O) groups excluding carboxylic acids is 2. The number of ketones is 1. The predicted molar refractivity (Wildman–Crippen MR) is 57.6 cm³/mol. The second-order valence-corrected chi connectivity index (χ2v) is 3.83. The SMILES string of the molecule is CNC(C)C(=O)NC1CCNCCC1=O. The Balaban J connectivity index is 2.47. The van der Waals surface area contributed by atoms with E-state index in [9.17, 15) is 9.59 Å². The summed E-state index contributed by atoms with van der Waals surface area (Å²) in [6.45, 7) is 3.27. The van der Waals surface area contributed by atoms with Crippen LogP contribution in [0.4, 0.5) is 0 Å². The summed E-state index contributed by atoms with van der Waals surface area (Å²) in [7, 11) is 1.72. The van der Waals surface area contributed by atoms with Crippen molar-refractivity contribution in [2.45, 2.75) is 31.8 Å². The van der Waals surface area contributed by atoms with E-state index in [1.807, 2.05) is 0 Å². The average molecular weight is 213 g/mol. The Morgan fingerprint density at radius 2 is 2.27 bits per heavy atom. The van der Waals surface area contributed by atoms with Crippen LogP contribution in [0.2, 0.25) is 0 Å². The second-order valence-electron chi connectivity index (χ2n) is 3.83. The highest BCUT2D eigenvalue weighted by atomic mass is 16.2. The topological polar surface area (TPSA) is 70.2 Å². The number of Topliss-reactive ketones (excluding diaryl/α,β-unsaturated/α-hetero) is 1. The molecule has 0 aromatic carbocycles. The lowest BCUT2D eigenvalue weighted by atomic mass is 10.1. The molecule has 0 radical (unpaired) electrons. The van der Waals surface area contributed by atoms with Gasteiger partial charge in [0.15, 0.2) is 5.78 Å². The molecule has 0 aromatic rings. The molecule has 1 saturated heterocycles. The minimum absolute atomic E-state index is 0.113. The first-order valence-corrected chi connectivity index (χ1v) is 5.36. The molecule has 0 aliphatic carbocycles. The maximum Gasteiger partial charge on any atom is 0.237 e. The Hall–Kier alpha value is -0.940. The first kappa shape index (κ1) is 12.1. The van der Waals surface area contributed by atoms with Crippen molar-refractivity contribution in [2.24, 2.45) is 0 Å². The Labute approximate surface area is 90.0 Å². The van der Waals surface area contributed by atoms with Gasteiger partial charge in [-0.2, -0.15) is 0 Å². The lowest BCUT2D eigenvalue weighted by Gasteiger charge is -2.17. The zero-order chi connectivity index (χ0) is 11.3. The minimum atomic E-state index is -0.316. The number of amides is 1. The van der Waals surface area contributed by atoms with Gasteiger partial charge in [0.2, 0.25) is 5.91 Å². The molecule has 0 bridgehead atoms. The Kier molecular flexibility index (Phi) is 4.71. The minimum Gasteiger partial charge on any atom is -0.345 e. The van der Waals surface area contributed by atoms with Crippen LogP contribution in [0.1, 0.15) is 19.8 Å². The first-order valence-electron chi connectivity index (χ1n) is 5.36. The molecule has 5 heteroatoms. The van der Waals surface area contributed by atoms with Crippen LogP contribution in [0.15, 0.2) is 0 Å². The molecule has 5 nitrogen and oxygen atoms in total. The number of nitrogens with one attached hydrogen (secondary N) is 3. The molecule has 0 spiro atoms. The summed E-state index contributed by atoms with van der Waals surface area (Å²) in [6, 6.07) is -0.572. The zero-order valence-electron chi connectivity index (χ0n) is 9.30. The molecule has 15 heavy (non-hydrogen) atoms. The highest BCUT2D eigenvalue weighted by Crippen LogP contribution is 2.01. The van der Waals surface area contributed by atoms with Crippen molar-refractivity contribution < 1.29 is 9.59 Å². The normalized spacial score (nSPS) is 24.4. The molecule has 1 amide bonds. The fourth-order valence-electron chi connectivity index (χ4n) is 1.50. The third kappa shape index (κ3) is 3.60. The molecular formula is C10H19N3O2. The molecule has 0 aromatic heterocycles. The highest BCUT2D eigenvalue weighted by Gasteiger charge is 2.23. The van der Waals surface area contributed by atoms with Gasteiger partial charge in [0.1, 0.15) is 0 Å². The number of hydrogen-bond donors (Lipinski definition) is 3. The summed E-state index contributed by atoms with van der Waals surface area (Å²) in [6.07, 6.45) is 1.18. The average Bonchev–Trinajstić information content (AvgIpc) is 2.43. The smallest absolute Gasteiger partial charge is 0.237 e. The summed E-state index contributed by atoms with van der Waals surface area (Å²) in [5, 5.41) is 8.75. The van der Waals surface area contributed by atoms with Crippen molar-refractivity contribution in [3.8, 4) is 0 Å². The van der Waals surface area contributed by atoms with Crippen molar-refractivity contribution >= 4 is 11.7 Å². The lowest BCUT2D eigenvalue weighted by Crippen LogP contribution is -2.48. The molecule has 1 heterocycles. The van der Waals surface area contributed by atoms with Crippen LogP contribution in [0.5, 0.6) is 0 Å². The van der Waals surface area contributed by atoms with Crippen LogP contribution < -0.4 is 16.0 Å². The second kappa shape index (κ2) is 5.82. The van der Waals surface area contributed by atoms with E-state index in [2.05, 4.69) is 16.0 Å². The maximum atomic E-state index is 11.6. The number of rotatable bonds is 3. The van der Waals surface area contributed by atoms with Gasteiger partial charge in [-0.3, -0.25) is 9.59 Å². The maximum absolute atomic E-state index is 11.6. The summed E-state index contributed by atoms with van der Waals surface area (Å²) in [5.41, 5.74) is 0. The van der Waals surface area contributed by atoms with E-state index < -0.39 is 0 Å². The molecule has 3 N–H and O–H groups in total. The van der Waals surface area contributed by atoms with Gasteiger partial charge in [-0.15, -0.1) is 0 Å². The lowest BCUT2D eigenvalue weighted by molar-refractivity contribution is -0.128. The van der Waals surface area contributed by atoms with E-state index in [4.69, 9.17) is 0 Å². The summed E-state index contributed by atoms with van der Waals surface area (Å²) < 4.78 is 0. The quantitative estimate of drug-likeness (QED) is 0.564. The molecule has 86 valence electrons. The van der Waals surface area contributed by atoms with Gasteiger partial charge >= 0.3 is 0 Å². The van der Waals surface area contributed by atoms with Crippen LogP contribution in [0.3, 0.4) is 0 Å². The van der Waals surface area contributed by atoms with Gasteiger partial charge in [-0.05, 0) is 26.9 Å². The first-order chi connectivity index (χ1) is 7.15. The summed E-state index contributed by atoms with van der Waals surface area (Å²) in [4.78, 5) is 23.1. The number of hydrogen-bond acceptors (Lipinski definition) is 4. The van der Waals surface area contributed by atoms with Crippen molar-refractivity contribution in [3.05, 3.63) is 0 Å². The van der Waals surface area contributed by atoms with E-state index in [0.717, 1.165) is 6.54 Å². The van der Waals surface area contributed by atoms with E-state index in [1.54, 1.807) is 14.0 Å². The highest BCUT2D eigenvalue weighted by molar-refractivity contribution is 5.90.